The first-order valence-electron chi connectivity index (χ1n) is 14.5. The summed E-state index contributed by atoms with van der Waals surface area (Å²) in [5, 5.41) is 12.0. The number of fused-ring (bicyclic) bond motifs is 2. The molecule has 2 aliphatic rings. The van der Waals surface area contributed by atoms with Gasteiger partial charge in [-0.05, 0) is 67.4 Å². The maximum absolute atomic E-state index is 13.7. The molecule has 222 valence electrons. The minimum Gasteiger partial charge on any atom is -0.507 e. The number of ether oxygens (including phenoxy) is 4. The van der Waals surface area contributed by atoms with Crippen LogP contribution in [0.25, 0.3) is 16.0 Å². The van der Waals surface area contributed by atoms with Crippen LogP contribution in [0.3, 0.4) is 0 Å². The van der Waals surface area contributed by atoms with Gasteiger partial charge in [0.15, 0.2) is 16.6 Å². The molecule has 1 atom stereocenters. The first-order chi connectivity index (χ1) is 21.0. The third-order valence-corrected chi connectivity index (χ3v) is 8.33. The van der Waals surface area contributed by atoms with E-state index >= 15 is 0 Å². The van der Waals surface area contributed by atoms with Crippen LogP contribution in [0.4, 0.5) is 5.13 Å². The number of unbranched alkanes of at least 4 members (excludes halogenated alkanes) is 2. The van der Waals surface area contributed by atoms with Crippen LogP contribution in [0.2, 0.25) is 0 Å². The number of nitrogens with zero attached hydrogens (tertiary/aromatic N) is 2. The van der Waals surface area contributed by atoms with Gasteiger partial charge >= 0.3 is 5.91 Å². The predicted molar refractivity (Wildman–Crippen MR) is 164 cm³/mol. The molecule has 0 bridgehead atoms. The van der Waals surface area contributed by atoms with Crippen LogP contribution in [0.5, 0.6) is 23.0 Å². The van der Waals surface area contributed by atoms with Crippen molar-refractivity contribution in [1.29, 1.82) is 0 Å². The molecular weight excluding hydrogens is 568 g/mol. The summed E-state index contributed by atoms with van der Waals surface area (Å²) in [5.41, 5.74) is 1.58. The number of anilines is 1. The molecule has 4 aromatic rings. The average Bonchev–Trinajstić information content (AvgIpc) is 3.56. The highest BCUT2D eigenvalue weighted by molar-refractivity contribution is 7.22. The van der Waals surface area contributed by atoms with Crippen molar-refractivity contribution in [2.24, 2.45) is 0 Å². The molecule has 10 heteroatoms. The molecular formula is C33H32N2O7S. The van der Waals surface area contributed by atoms with Gasteiger partial charge in [-0.25, -0.2) is 4.98 Å². The molecule has 1 aromatic heterocycles. The second-order valence-electron chi connectivity index (χ2n) is 10.2. The van der Waals surface area contributed by atoms with Gasteiger partial charge in [-0.2, -0.15) is 0 Å². The van der Waals surface area contributed by atoms with Gasteiger partial charge in [0.1, 0.15) is 30.5 Å². The van der Waals surface area contributed by atoms with Crippen LogP contribution in [-0.2, 0) is 9.59 Å². The summed E-state index contributed by atoms with van der Waals surface area (Å²) >= 11 is 1.28. The van der Waals surface area contributed by atoms with E-state index in [4.69, 9.17) is 23.9 Å². The summed E-state index contributed by atoms with van der Waals surface area (Å²) in [4.78, 5) is 33.5. The highest BCUT2D eigenvalue weighted by Crippen LogP contribution is 2.46. The molecule has 1 amide bonds. The molecule has 1 unspecified atom stereocenters. The molecule has 0 saturated carbocycles. The molecule has 9 nitrogen and oxygen atoms in total. The normalized spacial score (nSPS) is 17.4. The Morgan fingerprint density at radius 3 is 2.60 bits per heavy atom. The molecule has 0 spiro atoms. The number of aliphatic hydroxyl groups excluding tert-OH is 1. The average molecular weight is 601 g/mol. The van der Waals surface area contributed by atoms with Crippen LogP contribution < -0.4 is 23.8 Å². The topological polar surface area (TPSA) is 107 Å². The lowest BCUT2D eigenvalue weighted by molar-refractivity contribution is -0.132. The number of thiazole rings is 1. The monoisotopic (exact) mass is 600 g/mol. The fraction of sp³-hybridized carbons (Fsp3) is 0.303. The van der Waals surface area contributed by atoms with Crippen molar-refractivity contribution in [1.82, 2.24) is 4.98 Å². The highest BCUT2D eigenvalue weighted by Gasteiger charge is 2.48. The third-order valence-electron chi connectivity index (χ3n) is 7.32. The maximum Gasteiger partial charge on any atom is 0.301 e. The second-order valence-corrected chi connectivity index (χ2v) is 11.2. The summed E-state index contributed by atoms with van der Waals surface area (Å²) in [6, 6.07) is 16.8. The first-order valence-corrected chi connectivity index (χ1v) is 15.3. The van der Waals surface area contributed by atoms with Crippen molar-refractivity contribution < 1.29 is 33.6 Å². The zero-order valence-corrected chi connectivity index (χ0v) is 24.8. The van der Waals surface area contributed by atoms with Gasteiger partial charge in [-0.1, -0.05) is 43.2 Å². The van der Waals surface area contributed by atoms with E-state index in [1.165, 1.54) is 16.2 Å². The number of benzene rings is 3. The molecule has 6 rings (SSSR count). The summed E-state index contributed by atoms with van der Waals surface area (Å²) < 4.78 is 23.8. The Labute approximate surface area is 253 Å². The number of hydrogen-bond donors (Lipinski definition) is 1. The number of aliphatic hydroxyl groups is 1. The van der Waals surface area contributed by atoms with E-state index in [0.717, 1.165) is 24.0 Å². The van der Waals surface area contributed by atoms with E-state index in [1.807, 2.05) is 49.4 Å². The zero-order chi connectivity index (χ0) is 29.9. The number of rotatable bonds is 10. The quantitative estimate of drug-likeness (QED) is 0.0932. The standard InChI is InChI=1S/C33H32N2O7S/c1-3-5-6-14-40-22-9-7-8-20(17-22)29-28(30(36)21-10-13-25-26(18-21)42-16-15-41-25)31(37)32(38)35(29)33-34-24-12-11-23(39-4-2)19-27(24)43-33/h7-13,17-19,29,36H,3-6,14-16H2,1-2H3/b30-28+. The van der Waals surface area contributed by atoms with Crippen LogP contribution in [0.15, 0.2) is 66.2 Å². The molecule has 0 aliphatic carbocycles. The van der Waals surface area contributed by atoms with Crippen LogP contribution in [-0.4, -0.2) is 48.2 Å². The number of carbonyl (C=O) groups excluding carboxylic acids is 2. The molecule has 43 heavy (non-hydrogen) atoms. The van der Waals surface area contributed by atoms with Crippen molar-refractivity contribution in [3.8, 4) is 23.0 Å². The van der Waals surface area contributed by atoms with E-state index < -0.39 is 17.7 Å². The lowest BCUT2D eigenvalue weighted by atomic mass is 9.95. The van der Waals surface area contributed by atoms with Gasteiger partial charge in [-0.3, -0.25) is 14.5 Å². The molecule has 1 fully saturated rings. The van der Waals surface area contributed by atoms with Crippen molar-refractivity contribution in [2.45, 2.75) is 39.2 Å². The SMILES string of the molecule is CCCCCOc1cccc(C2/C(=C(\O)c3ccc4c(c3)OCCO4)C(=O)C(=O)N2c2nc3ccc(OCC)cc3s2)c1. The molecule has 0 radical (unpaired) electrons. The van der Waals surface area contributed by atoms with Gasteiger partial charge in [0.25, 0.3) is 5.78 Å². The van der Waals surface area contributed by atoms with Crippen molar-refractivity contribution in [3.05, 3.63) is 77.4 Å². The minimum atomic E-state index is -0.945. The predicted octanol–water partition coefficient (Wildman–Crippen LogP) is 6.66. The Hall–Kier alpha value is -4.57. The fourth-order valence-corrected chi connectivity index (χ4v) is 6.28. The van der Waals surface area contributed by atoms with Crippen LogP contribution >= 0.6 is 11.3 Å². The van der Waals surface area contributed by atoms with Gasteiger partial charge < -0.3 is 24.1 Å². The van der Waals surface area contributed by atoms with Gasteiger partial charge in [0.05, 0.1) is 35.0 Å². The smallest absolute Gasteiger partial charge is 0.301 e. The number of ketones is 1. The van der Waals surface area contributed by atoms with Crippen LogP contribution in [0, 0.1) is 0 Å². The number of hydrogen-bond acceptors (Lipinski definition) is 9. The summed E-state index contributed by atoms with van der Waals surface area (Å²) in [5.74, 6) is 0.424. The van der Waals surface area contributed by atoms with E-state index in [-0.39, 0.29) is 11.3 Å². The first kappa shape index (κ1) is 28.5. The van der Waals surface area contributed by atoms with Gasteiger partial charge in [0, 0.05) is 5.56 Å². The van der Waals surface area contributed by atoms with E-state index in [9.17, 15) is 14.7 Å². The summed E-state index contributed by atoms with van der Waals surface area (Å²) in [7, 11) is 0. The Morgan fingerprint density at radius 2 is 1.79 bits per heavy atom. The minimum absolute atomic E-state index is 0.0425. The van der Waals surface area contributed by atoms with Crippen molar-refractivity contribution in [2.75, 3.05) is 31.3 Å². The fourth-order valence-electron chi connectivity index (χ4n) is 5.26. The maximum atomic E-state index is 13.7. The van der Waals surface area contributed by atoms with Crippen LogP contribution in [0.1, 0.15) is 50.3 Å². The number of Topliss-reactive ketones (excluding diaryl/α,β-unsaturated/α-hetero) is 1. The van der Waals surface area contributed by atoms with E-state index in [1.54, 1.807) is 18.2 Å². The van der Waals surface area contributed by atoms with E-state index in [2.05, 4.69) is 6.92 Å². The number of aromatic nitrogens is 1. The Balaban J connectivity index is 1.46. The second kappa shape index (κ2) is 12.3. The lowest BCUT2D eigenvalue weighted by Crippen LogP contribution is -2.29. The van der Waals surface area contributed by atoms with E-state index in [0.29, 0.717) is 71.2 Å². The van der Waals surface area contributed by atoms with Gasteiger partial charge in [-0.15, -0.1) is 0 Å². The van der Waals surface area contributed by atoms with Crippen molar-refractivity contribution >= 4 is 44.1 Å². The molecule has 1 N–H and O–H groups in total. The Morgan fingerprint density at radius 1 is 0.977 bits per heavy atom. The van der Waals surface area contributed by atoms with Gasteiger partial charge in [0.2, 0.25) is 0 Å². The largest absolute Gasteiger partial charge is 0.507 e. The summed E-state index contributed by atoms with van der Waals surface area (Å²) in [6.07, 6.45) is 3.04. The molecule has 3 heterocycles. The zero-order valence-electron chi connectivity index (χ0n) is 24.0. The number of amides is 1. The number of carbonyl (C=O) groups is 2. The molecule has 1 saturated heterocycles. The third kappa shape index (κ3) is 5.62. The lowest BCUT2D eigenvalue weighted by Gasteiger charge is -2.24. The Bertz CT molecular complexity index is 1710. The molecule has 2 aliphatic heterocycles. The Kier molecular flexibility index (Phi) is 8.20. The van der Waals surface area contributed by atoms with Crippen molar-refractivity contribution in [3.63, 3.8) is 0 Å². The highest BCUT2D eigenvalue weighted by atomic mass is 32.1. The molecule has 3 aromatic carbocycles. The summed E-state index contributed by atoms with van der Waals surface area (Å²) in [6.45, 7) is 5.90.